The summed E-state index contributed by atoms with van der Waals surface area (Å²) in [5.41, 5.74) is 20.1. The third-order valence-electron chi connectivity index (χ3n) is 16.0. The molecule has 0 aromatic heterocycles. The number of allylic oxidation sites excluding steroid dienone is 4. The highest BCUT2D eigenvalue weighted by atomic mass is 16.5. The first-order valence-electron chi connectivity index (χ1n) is 25.0. The second kappa shape index (κ2) is 16.7. The molecule has 5 aliphatic rings. The fourth-order valence-corrected chi connectivity index (χ4v) is 12.9. The van der Waals surface area contributed by atoms with Gasteiger partial charge in [0, 0.05) is 39.2 Å². The Labute approximate surface area is 400 Å². The van der Waals surface area contributed by atoms with E-state index in [1.165, 1.54) is 104 Å². The molecule has 0 bridgehead atoms. The van der Waals surface area contributed by atoms with Crippen molar-refractivity contribution in [3.63, 3.8) is 0 Å². The van der Waals surface area contributed by atoms with Crippen molar-refractivity contribution >= 4 is 34.3 Å². The Balaban J connectivity index is 1.08. The standard InChI is InChI=1S/C66H55NO/c1-66(46-26-6-3-7-27-46)57-38-13-8-32-56(57)64-53(35-21-39-58(64)66)49-29-10-15-41-60(49)67(61-42-16-11-30-50(61)54-36-20-37-55-51-31-12-17-43-62(51)68-65(54)55)59-40-14-9-28-48(59)52-34-19-25-45-24-18-33-47(63(45)52)44-22-4-2-5-23-44/h3,6-18,20-21,24-33,35-36,38-44,55H,2,4-5,19,22-23,34,37H2,1H3. The zero-order valence-electron chi connectivity index (χ0n) is 38.8. The molecule has 0 amide bonds. The molecule has 4 aliphatic carbocycles. The maximum Gasteiger partial charge on any atom is 0.130 e. The minimum Gasteiger partial charge on any atom is -0.460 e. The van der Waals surface area contributed by atoms with E-state index in [0.29, 0.717) is 5.92 Å². The van der Waals surface area contributed by atoms with E-state index in [4.69, 9.17) is 4.74 Å². The summed E-state index contributed by atoms with van der Waals surface area (Å²) in [5.74, 6) is 2.78. The van der Waals surface area contributed by atoms with Crippen LogP contribution in [-0.2, 0) is 5.41 Å². The van der Waals surface area contributed by atoms with Crippen LogP contribution < -0.4 is 20.1 Å². The summed E-state index contributed by atoms with van der Waals surface area (Å²) in [4.78, 5) is 2.61. The van der Waals surface area contributed by atoms with Crippen molar-refractivity contribution in [3.05, 3.63) is 255 Å². The Morgan fingerprint density at radius 3 is 1.97 bits per heavy atom. The first-order chi connectivity index (χ1) is 33.7. The lowest BCUT2D eigenvalue weighted by atomic mass is 9.74. The zero-order valence-corrected chi connectivity index (χ0v) is 38.8. The molecular weight excluding hydrogens is 823 g/mol. The Hall–Kier alpha value is -7.42. The van der Waals surface area contributed by atoms with Crippen molar-refractivity contribution in [2.75, 3.05) is 4.90 Å². The van der Waals surface area contributed by atoms with Gasteiger partial charge in [0.2, 0.25) is 0 Å². The molecule has 2 unspecified atom stereocenters. The van der Waals surface area contributed by atoms with Gasteiger partial charge in [-0.2, -0.15) is 0 Å². The summed E-state index contributed by atoms with van der Waals surface area (Å²) < 4.78 is 6.89. The predicted molar refractivity (Wildman–Crippen MR) is 282 cm³/mol. The van der Waals surface area contributed by atoms with E-state index in [9.17, 15) is 0 Å². The van der Waals surface area contributed by atoms with Crippen LogP contribution in [0.3, 0.4) is 0 Å². The molecule has 8 aromatic rings. The summed E-state index contributed by atoms with van der Waals surface area (Å²) in [5, 5.41) is 2.86. The molecule has 2 heteroatoms. The Kier molecular flexibility index (Phi) is 10.0. The molecule has 68 heavy (non-hydrogen) atoms. The third-order valence-corrected chi connectivity index (χ3v) is 16.0. The Morgan fingerprint density at radius 2 is 1.15 bits per heavy atom. The van der Waals surface area contributed by atoms with Crippen LogP contribution in [0.15, 0.2) is 206 Å². The monoisotopic (exact) mass is 877 g/mol. The highest BCUT2D eigenvalue weighted by molar-refractivity contribution is 6.01. The van der Waals surface area contributed by atoms with Gasteiger partial charge in [-0.15, -0.1) is 0 Å². The van der Waals surface area contributed by atoms with E-state index in [1.807, 2.05) is 0 Å². The van der Waals surface area contributed by atoms with Gasteiger partial charge in [0.1, 0.15) is 11.5 Å². The molecule has 0 saturated heterocycles. The molecule has 0 radical (unpaired) electrons. The van der Waals surface area contributed by atoms with Crippen molar-refractivity contribution < 1.29 is 4.74 Å². The number of anilines is 3. The quantitative estimate of drug-likeness (QED) is 0.151. The summed E-state index contributed by atoms with van der Waals surface area (Å²) in [7, 11) is 0. The lowest BCUT2D eigenvalue weighted by Gasteiger charge is -2.33. The SMILES string of the molecule is CC1(c2ccccc2)c2ccccc2-c2c(-c3ccccc3N(c3ccccc3C3=C4Oc5ccccc5C4CC=C3)c3ccccc3C3=c4c(C5CCCCC5)cccc4=CCC3)cccc21. The first kappa shape index (κ1) is 40.8. The third kappa shape index (κ3) is 6.45. The van der Waals surface area contributed by atoms with Crippen LogP contribution in [-0.4, -0.2) is 0 Å². The molecule has 1 saturated carbocycles. The molecule has 2 nitrogen and oxygen atoms in total. The van der Waals surface area contributed by atoms with Gasteiger partial charge in [-0.25, -0.2) is 0 Å². The number of benzene rings is 8. The number of hydrogen-bond donors (Lipinski definition) is 0. The highest BCUT2D eigenvalue weighted by Gasteiger charge is 2.42. The van der Waals surface area contributed by atoms with Crippen molar-refractivity contribution in [2.24, 2.45) is 0 Å². The van der Waals surface area contributed by atoms with Crippen LogP contribution in [0.4, 0.5) is 17.1 Å². The fourth-order valence-electron chi connectivity index (χ4n) is 12.9. The molecule has 1 aliphatic heterocycles. The van der Waals surface area contributed by atoms with Crippen LogP contribution in [0.2, 0.25) is 0 Å². The number of hydrogen-bond acceptors (Lipinski definition) is 2. The van der Waals surface area contributed by atoms with Gasteiger partial charge in [-0.1, -0.05) is 201 Å². The van der Waals surface area contributed by atoms with Gasteiger partial charge in [0.05, 0.1) is 17.1 Å². The van der Waals surface area contributed by atoms with Crippen LogP contribution in [0.5, 0.6) is 5.75 Å². The maximum atomic E-state index is 6.89. The first-order valence-corrected chi connectivity index (χ1v) is 25.0. The van der Waals surface area contributed by atoms with Gasteiger partial charge in [-0.3, -0.25) is 0 Å². The van der Waals surface area contributed by atoms with Crippen molar-refractivity contribution in [1.29, 1.82) is 0 Å². The molecule has 13 rings (SSSR count). The molecule has 8 aromatic carbocycles. The normalized spacial score (nSPS) is 19.0. The lowest BCUT2D eigenvalue weighted by molar-refractivity contribution is 0.429. The predicted octanol–water partition coefficient (Wildman–Crippen LogP) is 15.8. The van der Waals surface area contributed by atoms with Crippen molar-refractivity contribution in [2.45, 2.75) is 75.5 Å². The Morgan fingerprint density at radius 1 is 0.529 bits per heavy atom. The van der Waals surface area contributed by atoms with Crippen molar-refractivity contribution in [3.8, 4) is 28.0 Å². The number of ether oxygens (including phenoxy) is 1. The van der Waals surface area contributed by atoms with E-state index in [1.54, 1.807) is 5.56 Å². The second-order valence-corrected chi connectivity index (χ2v) is 19.6. The molecule has 0 spiro atoms. The Bertz CT molecular complexity index is 3480. The van der Waals surface area contributed by atoms with E-state index in [0.717, 1.165) is 53.3 Å². The molecule has 0 N–H and O–H groups in total. The number of para-hydroxylation sites is 4. The number of nitrogens with zero attached hydrogens (tertiary/aromatic N) is 1. The average molecular weight is 878 g/mol. The minimum atomic E-state index is -0.314. The number of rotatable bonds is 8. The lowest BCUT2D eigenvalue weighted by Crippen LogP contribution is -2.35. The minimum absolute atomic E-state index is 0.182. The largest absolute Gasteiger partial charge is 0.460 e. The second-order valence-electron chi connectivity index (χ2n) is 19.6. The van der Waals surface area contributed by atoms with Crippen molar-refractivity contribution in [1.82, 2.24) is 0 Å². The van der Waals surface area contributed by atoms with Crippen LogP contribution in [0, 0.1) is 0 Å². The molecule has 1 heterocycles. The van der Waals surface area contributed by atoms with Gasteiger partial charge >= 0.3 is 0 Å². The summed E-state index contributed by atoms with van der Waals surface area (Å²) >= 11 is 0. The average Bonchev–Trinajstić information content (AvgIpc) is 3.93. The van der Waals surface area contributed by atoms with Crippen LogP contribution >= 0.6 is 0 Å². The van der Waals surface area contributed by atoms with Gasteiger partial charge in [0.15, 0.2) is 0 Å². The molecule has 2 atom stereocenters. The van der Waals surface area contributed by atoms with Gasteiger partial charge in [0.25, 0.3) is 0 Å². The van der Waals surface area contributed by atoms with E-state index in [2.05, 4.69) is 218 Å². The highest BCUT2D eigenvalue weighted by Crippen LogP contribution is 2.57. The topological polar surface area (TPSA) is 12.5 Å². The zero-order chi connectivity index (χ0) is 45.2. The summed E-state index contributed by atoms with van der Waals surface area (Å²) in [6.45, 7) is 2.42. The van der Waals surface area contributed by atoms with Gasteiger partial charge in [-0.05, 0) is 124 Å². The summed E-state index contributed by atoms with van der Waals surface area (Å²) in [6, 6.07) is 70.5. The van der Waals surface area contributed by atoms with Crippen LogP contribution in [0.25, 0.3) is 39.5 Å². The maximum absolute atomic E-state index is 6.89. The smallest absolute Gasteiger partial charge is 0.130 e. The van der Waals surface area contributed by atoms with E-state index >= 15 is 0 Å². The van der Waals surface area contributed by atoms with Crippen LogP contribution in [0.1, 0.15) is 109 Å². The number of fused-ring (bicyclic) bond motifs is 7. The van der Waals surface area contributed by atoms with Gasteiger partial charge < -0.3 is 9.64 Å². The van der Waals surface area contributed by atoms with E-state index in [-0.39, 0.29) is 11.3 Å². The molecule has 1 fully saturated rings. The molecule has 330 valence electrons. The summed E-state index contributed by atoms with van der Waals surface area (Å²) in [6.07, 6.45) is 16.6. The molecular formula is C66H55NO. The van der Waals surface area contributed by atoms with E-state index < -0.39 is 0 Å². The fraction of sp³-hybridized carbons (Fsp3) is 0.182.